The van der Waals surface area contributed by atoms with E-state index < -0.39 is 0 Å². The summed E-state index contributed by atoms with van der Waals surface area (Å²) in [6.45, 7) is 4.43. The maximum atomic E-state index is 11.9. The Balaban J connectivity index is 0.00000338. The van der Waals surface area contributed by atoms with Gasteiger partial charge in [-0.15, -0.1) is 24.0 Å². The number of guanidine groups is 1. The van der Waals surface area contributed by atoms with Gasteiger partial charge in [-0.25, -0.2) is 4.99 Å². The van der Waals surface area contributed by atoms with Crippen molar-refractivity contribution in [1.82, 2.24) is 5.32 Å². The first-order valence-electron chi connectivity index (χ1n) is 8.01. The summed E-state index contributed by atoms with van der Waals surface area (Å²) < 4.78 is 5.10. The van der Waals surface area contributed by atoms with Crippen LogP contribution in [0.5, 0.6) is 5.75 Å². The second kappa shape index (κ2) is 10.6. The molecule has 140 valence electrons. The third-order valence-corrected chi connectivity index (χ3v) is 3.54. The van der Waals surface area contributed by atoms with Gasteiger partial charge in [0.1, 0.15) is 12.3 Å². The molecular formula is C19H25IN4O2. The summed E-state index contributed by atoms with van der Waals surface area (Å²) in [5, 5.41) is 5.80. The minimum absolute atomic E-state index is 0. The fourth-order valence-corrected chi connectivity index (χ4v) is 2.39. The highest BCUT2D eigenvalue weighted by Gasteiger charge is 2.02. The van der Waals surface area contributed by atoms with Gasteiger partial charge in [0.15, 0.2) is 5.96 Å². The van der Waals surface area contributed by atoms with E-state index in [9.17, 15) is 4.79 Å². The van der Waals surface area contributed by atoms with Crippen molar-refractivity contribution in [3.05, 3.63) is 59.2 Å². The number of carbonyl (C=O) groups is 1. The SMILES string of the molecule is COc1ccc(CNC(=O)CN=C(N)Nc2cc(C)cc(C)c2)cc1.I. The molecule has 2 aromatic carbocycles. The number of carbonyl (C=O) groups excluding carboxylic acids is 1. The van der Waals surface area contributed by atoms with E-state index in [-0.39, 0.29) is 42.4 Å². The zero-order valence-electron chi connectivity index (χ0n) is 15.2. The van der Waals surface area contributed by atoms with Crippen molar-refractivity contribution in [3.63, 3.8) is 0 Å². The Kier molecular flexibility index (Phi) is 8.91. The molecule has 26 heavy (non-hydrogen) atoms. The van der Waals surface area contributed by atoms with Gasteiger partial charge in [0, 0.05) is 12.2 Å². The zero-order chi connectivity index (χ0) is 18.2. The van der Waals surface area contributed by atoms with Crippen LogP contribution in [0.4, 0.5) is 5.69 Å². The highest BCUT2D eigenvalue weighted by molar-refractivity contribution is 14.0. The van der Waals surface area contributed by atoms with Crippen molar-refractivity contribution in [2.45, 2.75) is 20.4 Å². The number of nitrogens with zero attached hydrogens (tertiary/aromatic N) is 1. The number of ether oxygens (including phenoxy) is 1. The molecule has 1 amide bonds. The molecule has 0 radical (unpaired) electrons. The summed E-state index contributed by atoms with van der Waals surface area (Å²) >= 11 is 0. The Bertz CT molecular complexity index is 740. The van der Waals surface area contributed by atoms with Gasteiger partial charge in [-0.2, -0.15) is 0 Å². The molecule has 0 aliphatic rings. The van der Waals surface area contributed by atoms with Gasteiger partial charge < -0.3 is 21.1 Å². The molecule has 0 spiro atoms. The second-order valence-electron chi connectivity index (χ2n) is 5.83. The van der Waals surface area contributed by atoms with E-state index in [4.69, 9.17) is 10.5 Å². The fourth-order valence-electron chi connectivity index (χ4n) is 2.39. The Hall–Kier alpha value is -2.29. The summed E-state index contributed by atoms with van der Waals surface area (Å²) in [6.07, 6.45) is 0. The van der Waals surface area contributed by atoms with Crippen LogP contribution in [0.1, 0.15) is 16.7 Å². The molecule has 2 rings (SSSR count). The van der Waals surface area contributed by atoms with Crippen molar-refractivity contribution in [2.24, 2.45) is 10.7 Å². The topological polar surface area (TPSA) is 88.7 Å². The molecule has 0 aromatic heterocycles. The third kappa shape index (κ3) is 7.30. The molecule has 0 saturated heterocycles. The minimum Gasteiger partial charge on any atom is -0.497 e. The van der Waals surface area contributed by atoms with Crippen molar-refractivity contribution < 1.29 is 9.53 Å². The maximum Gasteiger partial charge on any atom is 0.242 e. The molecule has 0 aliphatic carbocycles. The first kappa shape index (κ1) is 21.8. The Morgan fingerprint density at radius 3 is 2.31 bits per heavy atom. The molecule has 0 atom stereocenters. The monoisotopic (exact) mass is 468 g/mol. The van der Waals surface area contributed by atoms with E-state index in [1.807, 2.05) is 50.2 Å². The number of hydrogen-bond acceptors (Lipinski definition) is 3. The zero-order valence-corrected chi connectivity index (χ0v) is 17.5. The lowest BCUT2D eigenvalue weighted by Crippen LogP contribution is -2.28. The van der Waals surface area contributed by atoms with Gasteiger partial charge in [0.25, 0.3) is 0 Å². The average molecular weight is 468 g/mol. The highest BCUT2D eigenvalue weighted by Crippen LogP contribution is 2.13. The van der Waals surface area contributed by atoms with Gasteiger partial charge in [0.2, 0.25) is 5.91 Å². The van der Waals surface area contributed by atoms with Gasteiger partial charge in [-0.3, -0.25) is 4.79 Å². The number of amides is 1. The molecule has 0 saturated carbocycles. The minimum atomic E-state index is -0.194. The number of nitrogens with one attached hydrogen (secondary N) is 2. The van der Waals surface area contributed by atoms with Crippen LogP contribution in [-0.4, -0.2) is 25.5 Å². The summed E-state index contributed by atoms with van der Waals surface area (Å²) in [5.41, 5.74) is 9.95. The molecule has 0 unspecified atom stereocenters. The lowest BCUT2D eigenvalue weighted by atomic mass is 10.1. The predicted molar refractivity (Wildman–Crippen MR) is 116 cm³/mol. The molecule has 4 N–H and O–H groups in total. The van der Waals surface area contributed by atoms with Crippen molar-refractivity contribution in [3.8, 4) is 5.75 Å². The second-order valence-corrected chi connectivity index (χ2v) is 5.83. The van der Waals surface area contributed by atoms with Crippen LogP contribution in [0.2, 0.25) is 0 Å². The Morgan fingerprint density at radius 2 is 1.73 bits per heavy atom. The van der Waals surface area contributed by atoms with E-state index in [1.165, 1.54) is 0 Å². The number of hydrogen-bond donors (Lipinski definition) is 3. The number of rotatable bonds is 6. The molecule has 7 heteroatoms. The normalized spacial score (nSPS) is 10.7. The number of benzene rings is 2. The summed E-state index contributed by atoms with van der Waals surface area (Å²) in [5.74, 6) is 0.801. The number of halogens is 1. The van der Waals surface area contributed by atoms with Crippen LogP contribution in [0.3, 0.4) is 0 Å². The molecule has 2 aromatic rings. The lowest BCUT2D eigenvalue weighted by molar-refractivity contribution is -0.119. The smallest absolute Gasteiger partial charge is 0.242 e. The van der Waals surface area contributed by atoms with Crippen molar-refractivity contribution in [1.29, 1.82) is 0 Å². The van der Waals surface area contributed by atoms with Crippen LogP contribution >= 0.6 is 24.0 Å². The van der Waals surface area contributed by atoms with Gasteiger partial charge in [-0.05, 0) is 54.8 Å². The van der Waals surface area contributed by atoms with Gasteiger partial charge in [0.05, 0.1) is 7.11 Å². The largest absolute Gasteiger partial charge is 0.497 e. The van der Waals surface area contributed by atoms with Crippen LogP contribution in [-0.2, 0) is 11.3 Å². The van der Waals surface area contributed by atoms with E-state index >= 15 is 0 Å². The summed E-state index contributed by atoms with van der Waals surface area (Å²) in [7, 11) is 1.62. The molecule has 0 bridgehead atoms. The third-order valence-electron chi connectivity index (χ3n) is 3.54. The Morgan fingerprint density at radius 1 is 1.12 bits per heavy atom. The summed E-state index contributed by atoms with van der Waals surface area (Å²) in [6, 6.07) is 13.5. The van der Waals surface area contributed by atoms with Crippen LogP contribution < -0.4 is 21.1 Å². The van der Waals surface area contributed by atoms with Gasteiger partial charge in [-0.1, -0.05) is 18.2 Å². The van der Waals surface area contributed by atoms with E-state index in [1.54, 1.807) is 7.11 Å². The first-order valence-corrected chi connectivity index (χ1v) is 8.01. The predicted octanol–water partition coefficient (Wildman–Crippen LogP) is 2.97. The van der Waals surface area contributed by atoms with Crippen LogP contribution in [0.25, 0.3) is 0 Å². The average Bonchev–Trinajstić information content (AvgIpc) is 2.57. The molecular weight excluding hydrogens is 443 g/mol. The lowest BCUT2D eigenvalue weighted by Gasteiger charge is -2.08. The number of anilines is 1. The van der Waals surface area contributed by atoms with Crippen LogP contribution in [0.15, 0.2) is 47.5 Å². The number of nitrogens with two attached hydrogens (primary N) is 1. The number of methoxy groups -OCH3 is 1. The van der Waals surface area contributed by atoms with E-state index in [0.29, 0.717) is 6.54 Å². The quantitative estimate of drug-likeness (QED) is 0.346. The van der Waals surface area contributed by atoms with Crippen LogP contribution in [0, 0.1) is 13.8 Å². The maximum absolute atomic E-state index is 11.9. The summed E-state index contributed by atoms with van der Waals surface area (Å²) in [4.78, 5) is 15.9. The van der Waals surface area contributed by atoms with Gasteiger partial charge >= 0.3 is 0 Å². The number of aliphatic imine (C=N–C) groups is 1. The standard InChI is InChI=1S/C19H24N4O2.HI/c1-13-8-14(2)10-16(9-13)23-19(20)22-12-18(24)21-11-15-4-6-17(25-3)7-5-15;/h4-10H,11-12H2,1-3H3,(H,21,24)(H3,20,22,23);1H. The van der Waals surface area contributed by atoms with E-state index in [0.717, 1.165) is 28.1 Å². The fraction of sp³-hybridized carbons (Fsp3) is 0.263. The number of aryl methyl sites for hydroxylation is 2. The Labute approximate surface area is 171 Å². The molecule has 0 heterocycles. The highest BCUT2D eigenvalue weighted by atomic mass is 127. The first-order chi connectivity index (χ1) is 12.0. The molecule has 6 nitrogen and oxygen atoms in total. The molecule has 0 aliphatic heterocycles. The van der Waals surface area contributed by atoms with E-state index in [2.05, 4.69) is 21.7 Å². The van der Waals surface area contributed by atoms with Crippen molar-refractivity contribution >= 4 is 41.5 Å². The van der Waals surface area contributed by atoms with Crippen molar-refractivity contribution in [2.75, 3.05) is 19.0 Å². The molecule has 0 fully saturated rings.